The topological polar surface area (TPSA) is 57.4 Å². The van der Waals surface area contributed by atoms with E-state index in [1.165, 1.54) is 16.4 Å². The Morgan fingerprint density at radius 3 is 2.72 bits per heavy atom. The molecule has 0 unspecified atom stereocenters. The zero-order valence-electron chi connectivity index (χ0n) is 10.5. The minimum absolute atomic E-state index is 0.640. The zero-order chi connectivity index (χ0) is 13.0. The number of hydrogen-bond donors (Lipinski definition) is 1. The molecule has 18 heavy (non-hydrogen) atoms. The molecule has 0 radical (unpaired) electrons. The number of ether oxygens (including phenoxy) is 2. The number of rotatable bonds is 5. The highest BCUT2D eigenvalue weighted by Crippen LogP contribution is 2.33. The van der Waals surface area contributed by atoms with Gasteiger partial charge in [-0.15, -0.1) is 0 Å². The number of hydrogen-bond acceptors (Lipinski definition) is 5. The molecular formula is C13H16N2O2S. The molecule has 4 nitrogen and oxygen atoms in total. The van der Waals surface area contributed by atoms with Gasteiger partial charge < -0.3 is 15.2 Å². The summed E-state index contributed by atoms with van der Waals surface area (Å²) < 4.78 is 15.0. The van der Waals surface area contributed by atoms with Crippen molar-refractivity contribution in [2.75, 3.05) is 20.8 Å². The normalized spacial score (nSPS) is 10.4. The maximum atomic E-state index is 5.54. The second kappa shape index (κ2) is 5.84. The molecule has 0 aliphatic rings. The van der Waals surface area contributed by atoms with Crippen LogP contribution in [0.15, 0.2) is 24.3 Å². The van der Waals surface area contributed by atoms with Crippen LogP contribution in [0.4, 0.5) is 0 Å². The predicted octanol–water partition coefficient (Wildman–Crippen LogP) is 2.33. The average Bonchev–Trinajstić information content (AvgIpc) is 2.87. The summed E-state index contributed by atoms with van der Waals surface area (Å²) in [6, 6.07) is 7.78. The number of benzene rings is 1. The fourth-order valence-corrected chi connectivity index (χ4v) is 2.45. The second-order valence-corrected chi connectivity index (χ2v) is 4.67. The fraction of sp³-hybridized carbons (Fsp3) is 0.308. The first-order valence-corrected chi connectivity index (χ1v) is 6.44. The molecule has 0 fully saturated rings. The average molecular weight is 264 g/mol. The number of aromatic nitrogens is 1. The zero-order valence-corrected chi connectivity index (χ0v) is 11.3. The van der Waals surface area contributed by atoms with Crippen LogP contribution in [0, 0.1) is 0 Å². The molecule has 0 bridgehead atoms. The van der Waals surface area contributed by atoms with Gasteiger partial charge in [0, 0.05) is 16.5 Å². The quantitative estimate of drug-likeness (QED) is 0.900. The van der Waals surface area contributed by atoms with E-state index in [0.717, 1.165) is 29.2 Å². The Labute approximate surface area is 111 Å². The Morgan fingerprint density at radius 1 is 1.22 bits per heavy atom. The lowest BCUT2D eigenvalue weighted by atomic mass is 10.1. The Hall–Kier alpha value is -1.59. The monoisotopic (exact) mass is 264 g/mol. The van der Waals surface area contributed by atoms with E-state index in [-0.39, 0.29) is 0 Å². The van der Waals surface area contributed by atoms with Crippen molar-refractivity contribution >= 4 is 11.5 Å². The molecule has 2 rings (SSSR count). The SMILES string of the molecule is COc1ccc(-c2cc(CCN)sn2)c(OC)c1. The van der Waals surface area contributed by atoms with Crippen LogP contribution in [0.25, 0.3) is 11.3 Å². The summed E-state index contributed by atoms with van der Waals surface area (Å²) in [6.07, 6.45) is 0.857. The molecule has 96 valence electrons. The molecule has 2 aromatic rings. The molecule has 0 amide bonds. The van der Waals surface area contributed by atoms with Crippen molar-refractivity contribution in [3.8, 4) is 22.8 Å². The highest BCUT2D eigenvalue weighted by molar-refractivity contribution is 7.06. The minimum atomic E-state index is 0.640. The van der Waals surface area contributed by atoms with Gasteiger partial charge in [0.25, 0.3) is 0 Å². The third kappa shape index (κ3) is 2.63. The summed E-state index contributed by atoms with van der Waals surface area (Å²) in [7, 11) is 3.28. The molecule has 1 aromatic carbocycles. The summed E-state index contributed by atoms with van der Waals surface area (Å²) in [5.41, 5.74) is 7.43. The maximum Gasteiger partial charge on any atom is 0.131 e. The first-order valence-electron chi connectivity index (χ1n) is 5.66. The van der Waals surface area contributed by atoms with Gasteiger partial charge in [-0.2, -0.15) is 4.37 Å². The van der Waals surface area contributed by atoms with Gasteiger partial charge in [-0.05, 0) is 42.7 Å². The van der Waals surface area contributed by atoms with Crippen LogP contribution in [0.5, 0.6) is 11.5 Å². The third-order valence-corrected chi connectivity index (χ3v) is 3.48. The lowest BCUT2D eigenvalue weighted by Crippen LogP contribution is -2.00. The largest absolute Gasteiger partial charge is 0.497 e. The first-order chi connectivity index (χ1) is 8.78. The van der Waals surface area contributed by atoms with Crippen LogP contribution in [-0.4, -0.2) is 25.1 Å². The standard InChI is InChI=1S/C13H16N2O2S/c1-16-9-3-4-11(13(7-9)17-2)12-8-10(5-6-14)18-15-12/h3-4,7-8H,5-6,14H2,1-2H3. The third-order valence-electron chi connectivity index (χ3n) is 2.63. The molecule has 0 aliphatic carbocycles. The van der Waals surface area contributed by atoms with Crippen LogP contribution in [0.1, 0.15) is 4.88 Å². The Bertz CT molecular complexity index is 525. The lowest BCUT2D eigenvalue weighted by Gasteiger charge is -2.08. The predicted molar refractivity (Wildman–Crippen MR) is 73.4 cm³/mol. The van der Waals surface area contributed by atoms with E-state index in [1.807, 2.05) is 18.2 Å². The Balaban J connectivity index is 2.36. The van der Waals surface area contributed by atoms with Crippen molar-refractivity contribution in [2.45, 2.75) is 6.42 Å². The Morgan fingerprint density at radius 2 is 2.06 bits per heavy atom. The molecule has 0 saturated carbocycles. The second-order valence-electron chi connectivity index (χ2n) is 3.78. The molecule has 5 heteroatoms. The van der Waals surface area contributed by atoms with Crippen LogP contribution < -0.4 is 15.2 Å². The van der Waals surface area contributed by atoms with Gasteiger partial charge in [0.2, 0.25) is 0 Å². The highest BCUT2D eigenvalue weighted by Gasteiger charge is 2.11. The van der Waals surface area contributed by atoms with Crippen molar-refractivity contribution in [1.29, 1.82) is 0 Å². The van der Waals surface area contributed by atoms with Gasteiger partial charge in [-0.3, -0.25) is 0 Å². The summed E-state index contributed by atoms with van der Waals surface area (Å²) >= 11 is 1.48. The number of nitrogens with two attached hydrogens (primary N) is 1. The van der Waals surface area contributed by atoms with E-state index < -0.39 is 0 Å². The summed E-state index contributed by atoms with van der Waals surface area (Å²) in [4.78, 5) is 1.19. The molecular weight excluding hydrogens is 248 g/mol. The summed E-state index contributed by atoms with van der Waals surface area (Å²) in [5, 5.41) is 0. The molecule has 0 spiro atoms. The maximum absolute atomic E-state index is 5.54. The summed E-state index contributed by atoms with van der Waals surface area (Å²) in [5.74, 6) is 1.53. The molecule has 0 atom stereocenters. The van der Waals surface area contributed by atoms with Crippen LogP contribution in [-0.2, 0) is 6.42 Å². The summed E-state index contributed by atoms with van der Waals surface area (Å²) in [6.45, 7) is 0.640. The molecule has 0 aliphatic heterocycles. The van der Waals surface area contributed by atoms with Crippen LogP contribution in [0.2, 0.25) is 0 Å². The van der Waals surface area contributed by atoms with Crippen LogP contribution >= 0.6 is 11.5 Å². The van der Waals surface area contributed by atoms with Crippen molar-refractivity contribution in [2.24, 2.45) is 5.73 Å². The first kappa shape index (κ1) is 12.9. The van der Waals surface area contributed by atoms with E-state index in [2.05, 4.69) is 10.4 Å². The van der Waals surface area contributed by atoms with E-state index in [4.69, 9.17) is 15.2 Å². The van der Waals surface area contributed by atoms with Crippen molar-refractivity contribution < 1.29 is 9.47 Å². The van der Waals surface area contributed by atoms with Crippen molar-refractivity contribution in [3.63, 3.8) is 0 Å². The lowest BCUT2D eigenvalue weighted by molar-refractivity contribution is 0.395. The van der Waals surface area contributed by atoms with Crippen molar-refractivity contribution in [1.82, 2.24) is 4.37 Å². The van der Waals surface area contributed by atoms with Gasteiger partial charge in [0.1, 0.15) is 11.5 Å². The highest BCUT2D eigenvalue weighted by atomic mass is 32.1. The van der Waals surface area contributed by atoms with Gasteiger partial charge in [0.15, 0.2) is 0 Å². The molecule has 1 heterocycles. The molecule has 2 N–H and O–H groups in total. The fourth-order valence-electron chi connectivity index (χ4n) is 1.71. The van der Waals surface area contributed by atoms with Crippen molar-refractivity contribution in [3.05, 3.63) is 29.1 Å². The van der Waals surface area contributed by atoms with E-state index in [0.29, 0.717) is 6.54 Å². The number of methoxy groups -OCH3 is 2. The minimum Gasteiger partial charge on any atom is -0.497 e. The van der Waals surface area contributed by atoms with Gasteiger partial charge in [-0.1, -0.05) is 0 Å². The molecule has 1 aromatic heterocycles. The van der Waals surface area contributed by atoms with E-state index in [9.17, 15) is 0 Å². The van der Waals surface area contributed by atoms with Gasteiger partial charge >= 0.3 is 0 Å². The number of nitrogens with zero attached hydrogens (tertiary/aromatic N) is 1. The van der Waals surface area contributed by atoms with Gasteiger partial charge in [0.05, 0.1) is 19.9 Å². The molecule has 0 saturated heterocycles. The Kier molecular flexibility index (Phi) is 4.17. The smallest absolute Gasteiger partial charge is 0.131 e. The van der Waals surface area contributed by atoms with E-state index >= 15 is 0 Å². The van der Waals surface area contributed by atoms with Gasteiger partial charge in [-0.25, -0.2) is 0 Å². The van der Waals surface area contributed by atoms with E-state index in [1.54, 1.807) is 14.2 Å². The van der Waals surface area contributed by atoms with Crippen LogP contribution in [0.3, 0.4) is 0 Å².